The molecule has 0 aliphatic heterocycles. The summed E-state index contributed by atoms with van der Waals surface area (Å²) in [5.74, 6) is -2.68. The van der Waals surface area contributed by atoms with Crippen LogP contribution in [0.1, 0.15) is 31.7 Å². The number of nitrogens with zero attached hydrogens (tertiary/aromatic N) is 3. The van der Waals surface area contributed by atoms with Crippen molar-refractivity contribution in [3.63, 3.8) is 0 Å². The lowest BCUT2D eigenvalue weighted by atomic mass is 10.1. The summed E-state index contributed by atoms with van der Waals surface area (Å²) in [5, 5.41) is 5.31. The number of ether oxygens (including phenoxy) is 2. The van der Waals surface area contributed by atoms with Gasteiger partial charge in [0.25, 0.3) is 0 Å². The Bertz CT molecular complexity index is 1260. The van der Waals surface area contributed by atoms with Crippen molar-refractivity contribution in [2.75, 3.05) is 19.0 Å². The van der Waals surface area contributed by atoms with Crippen molar-refractivity contribution in [1.82, 2.24) is 20.4 Å². The summed E-state index contributed by atoms with van der Waals surface area (Å²) in [6.45, 7) is 0.827. The molecule has 0 saturated heterocycles. The average Bonchev–Trinajstić information content (AvgIpc) is 2.88. The van der Waals surface area contributed by atoms with E-state index >= 15 is 0 Å². The second-order valence-corrected chi connectivity index (χ2v) is 8.07. The molecule has 2 amide bonds. The topological polar surface area (TPSA) is 123 Å². The maximum atomic E-state index is 14.1. The molecule has 0 saturated carbocycles. The minimum Gasteiger partial charge on any atom is -0.469 e. The molecule has 0 radical (unpaired) electrons. The van der Waals surface area contributed by atoms with E-state index in [-0.39, 0.29) is 37.4 Å². The van der Waals surface area contributed by atoms with Crippen molar-refractivity contribution in [2.45, 2.75) is 38.8 Å². The number of hydrogen-bond acceptors (Lipinski definition) is 8. The van der Waals surface area contributed by atoms with Gasteiger partial charge in [-0.15, -0.1) is 0 Å². The van der Waals surface area contributed by atoms with E-state index in [4.69, 9.17) is 4.74 Å². The molecule has 0 fully saturated rings. The number of hydrogen-bond donors (Lipinski definition) is 2. The number of aromatic nitrogens is 2. The lowest BCUT2D eigenvalue weighted by molar-refractivity contribution is -0.140. The zero-order chi connectivity index (χ0) is 26.8. The molecule has 0 bridgehead atoms. The van der Waals surface area contributed by atoms with Gasteiger partial charge in [0.15, 0.2) is 11.6 Å². The minimum absolute atomic E-state index is 0.00934. The SMILES string of the molecule is COC(=O)CCC[C@@H](COC(=O)Nc1cc2cnccc2cn1)N(NCc1cccc(F)c1F)C(C)=O. The minimum atomic E-state index is -1.03. The fourth-order valence-corrected chi connectivity index (χ4v) is 3.58. The van der Waals surface area contributed by atoms with Gasteiger partial charge in [0.1, 0.15) is 12.4 Å². The second-order valence-electron chi connectivity index (χ2n) is 8.07. The van der Waals surface area contributed by atoms with Gasteiger partial charge >= 0.3 is 12.1 Å². The first-order valence-corrected chi connectivity index (χ1v) is 11.4. The first kappa shape index (κ1) is 27.4. The number of fused-ring (bicyclic) bond motifs is 1. The molecule has 10 nitrogen and oxygen atoms in total. The summed E-state index contributed by atoms with van der Waals surface area (Å²) >= 11 is 0. The van der Waals surface area contributed by atoms with Gasteiger partial charge in [-0.3, -0.25) is 24.9 Å². The first-order valence-electron chi connectivity index (χ1n) is 11.4. The quantitative estimate of drug-likeness (QED) is 0.293. The lowest BCUT2D eigenvalue weighted by Crippen LogP contribution is -2.50. The van der Waals surface area contributed by atoms with E-state index in [9.17, 15) is 23.2 Å². The second kappa shape index (κ2) is 13.2. The highest BCUT2D eigenvalue weighted by Gasteiger charge is 2.24. The predicted molar refractivity (Wildman–Crippen MR) is 130 cm³/mol. The van der Waals surface area contributed by atoms with Crippen molar-refractivity contribution in [1.29, 1.82) is 0 Å². The number of benzene rings is 1. The van der Waals surface area contributed by atoms with Gasteiger partial charge < -0.3 is 9.47 Å². The fraction of sp³-hybridized carbons (Fsp3) is 0.320. The number of amides is 2. The van der Waals surface area contributed by atoms with Gasteiger partial charge in [-0.2, -0.15) is 0 Å². The summed E-state index contributed by atoms with van der Waals surface area (Å²) in [7, 11) is 1.26. The molecule has 1 aromatic carbocycles. The third kappa shape index (κ3) is 7.90. The average molecular weight is 516 g/mol. The molecule has 0 spiro atoms. The lowest BCUT2D eigenvalue weighted by Gasteiger charge is -2.31. The Morgan fingerprint density at radius 3 is 2.70 bits per heavy atom. The van der Waals surface area contributed by atoms with E-state index < -0.39 is 35.6 Å². The zero-order valence-electron chi connectivity index (χ0n) is 20.4. The summed E-state index contributed by atoms with van der Waals surface area (Å²) in [6, 6.07) is 6.41. The van der Waals surface area contributed by atoms with Gasteiger partial charge in [0, 0.05) is 54.8 Å². The Morgan fingerprint density at radius 1 is 1.14 bits per heavy atom. The summed E-state index contributed by atoms with van der Waals surface area (Å²) in [5.41, 5.74) is 2.79. The van der Waals surface area contributed by atoms with Crippen molar-refractivity contribution >= 4 is 34.6 Å². The fourth-order valence-electron chi connectivity index (χ4n) is 3.58. The molecule has 2 N–H and O–H groups in total. The zero-order valence-corrected chi connectivity index (χ0v) is 20.4. The van der Waals surface area contributed by atoms with E-state index in [1.807, 2.05) is 0 Å². The molecule has 37 heavy (non-hydrogen) atoms. The van der Waals surface area contributed by atoms with E-state index in [1.165, 1.54) is 31.2 Å². The normalized spacial score (nSPS) is 11.6. The molecule has 1 atom stereocenters. The maximum absolute atomic E-state index is 14.1. The number of methoxy groups -OCH3 is 1. The molecule has 3 aromatic rings. The smallest absolute Gasteiger partial charge is 0.412 e. The molecule has 3 rings (SSSR count). The third-order valence-electron chi connectivity index (χ3n) is 5.48. The Labute approximate surface area is 211 Å². The van der Waals surface area contributed by atoms with Crippen LogP contribution in [-0.4, -0.2) is 52.7 Å². The van der Waals surface area contributed by atoms with Gasteiger partial charge in [-0.05, 0) is 31.0 Å². The predicted octanol–water partition coefficient (Wildman–Crippen LogP) is 3.72. The number of carbonyl (C=O) groups is 3. The first-order chi connectivity index (χ1) is 17.8. The third-order valence-corrected chi connectivity index (χ3v) is 5.48. The number of rotatable bonds is 11. The largest absolute Gasteiger partial charge is 0.469 e. The van der Waals surface area contributed by atoms with Crippen LogP contribution < -0.4 is 10.7 Å². The Kier molecular flexibility index (Phi) is 9.78. The van der Waals surface area contributed by atoms with Gasteiger partial charge in [-0.1, -0.05) is 12.1 Å². The number of nitrogens with one attached hydrogen (secondary N) is 2. The molecular weight excluding hydrogens is 488 g/mol. The van der Waals surface area contributed by atoms with Crippen molar-refractivity contribution in [3.8, 4) is 0 Å². The van der Waals surface area contributed by atoms with Crippen LogP contribution in [0, 0.1) is 11.6 Å². The number of hydrazine groups is 1. The molecular formula is C25H27F2N5O5. The maximum Gasteiger partial charge on any atom is 0.412 e. The highest BCUT2D eigenvalue weighted by molar-refractivity contribution is 5.88. The number of esters is 1. The summed E-state index contributed by atoms with van der Waals surface area (Å²) < 4.78 is 37.6. The van der Waals surface area contributed by atoms with Gasteiger partial charge in [-0.25, -0.2) is 24.0 Å². The Hall–Kier alpha value is -4.19. The molecule has 2 heterocycles. The highest BCUT2D eigenvalue weighted by atomic mass is 19.2. The number of anilines is 1. The molecule has 196 valence electrons. The molecule has 0 aliphatic rings. The Balaban J connectivity index is 1.67. The van der Waals surface area contributed by atoms with E-state index in [0.717, 1.165) is 16.8 Å². The van der Waals surface area contributed by atoms with Crippen LogP contribution in [0.3, 0.4) is 0 Å². The van der Waals surface area contributed by atoms with Crippen LogP contribution in [0.25, 0.3) is 10.8 Å². The molecule has 0 aliphatic carbocycles. The van der Waals surface area contributed by atoms with E-state index in [0.29, 0.717) is 6.42 Å². The van der Waals surface area contributed by atoms with Gasteiger partial charge in [0.2, 0.25) is 5.91 Å². The van der Waals surface area contributed by atoms with Crippen LogP contribution in [-0.2, 0) is 25.6 Å². The van der Waals surface area contributed by atoms with E-state index in [1.54, 1.807) is 30.7 Å². The van der Waals surface area contributed by atoms with Crippen LogP contribution in [0.4, 0.5) is 19.4 Å². The van der Waals surface area contributed by atoms with Crippen LogP contribution in [0.2, 0.25) is 0 Å². The summed E-state index contributed by atoms with van der Waals surface area (Å²) in [4.78, 5) is 44.6. The monoisotopic (exact) mass is 515 g/mol. The van der Waals surface area contributed by atoms with Crippen molar-refractivity contribution in [3.05, 3.63) is 66.1 Å². The standard InChI is InChI=1S/C25H27F2N5O5/c1-16(33)32(30-14-18-5-3-7-21(26)24(18)27)20(6-4-8-23(34)36-2)15-37-25(35)31-22-11-19-12-28-10-9-17(19)13-29-22/h3,5,7,9-13,20,30H,4,6,8,14-15H2,1-2H3,(H,29,31,35)/t20-/m0/s1. The highest BCUT2D eigenvalue weighted by Crippen LogP contribution is 2.16. The molecule has 0 unspecified atom stereocenters. The molecule has 2 aromatic heterocycles. The number of pyridine rings is 2. The van der Waals surface area contributed by atoms with E-state index in [2.05, 4.69) is 25.4 Å². The van der Waals surface area contributed by atoms with Crippen molar-refractivity contribution < 1.29 is 32.6 Å². The van der Waals surface area contributed by atoms with Crippen LogP contribution in [0.15, 0.2) is 48.9 Å². The van der Waals surface area contributed by atoms with Gasteiger partial charge in [0.05, 0.1) is 13.2 Å². The van der Waals surface area contributed by atoms with Crippen molar-refractivity contribution in [2.24, 2.45) is 0 Å². The number of halogens is 2. The number of carbonyl (C=O) groups excluding carboxylic acids is 3. The van der Waals surface area contributed by atoms with Crippen LogP contribution in [0.5, 0.6) is 0 Å². The Morgan fingerprint density at radius 2 is 1.95 bits per heavy atom. The summed E-state index contributed by atoms with van der Waals surface area (Å²) in [6.07, 6.45) is 4.68. The molecule has 12 heteroatoms. The van der Waals surface area contributed by atoms with Crippen LogP contribution >= 0.6 is 0 Å².